The van der Waals surface area contributed by atoms with E-state index < -0.39 is 5.97 Å². The van der Waals surface area contributed by atoms with Crippen molar-refractivity contribution in [1.82, 2.24) is 15.0 Å². The number of rotatable bonds is 5. The molecule has 1 unspecified atom stereocenters. The van der Waals surface area contributed by atoms with Crippen LogP contribution in [-0.4, -0.2) is 40.6 Å². The second-order valence-electron chi connectivity index (χ2n) is 5.09. The van der Waals surface area contributed by atoms with Crippen LogP contribution in [0.3, 0.4) is 0 Å². The van der Waals surface area contributed by atoms with Crippen molar-refractivity contribution in [2.45, 2.75) is 44.7 Å². The molecular weight excluding hydrogens is 232 g/mol. The molecule has 6 nitrogen and oxygen atoms in total. The van der Waals surface area contributed by atoms with Crippen LogP contribution in [-0.2, 0) is 6.54 Å². The molecule has 1 heterocycles. The Bertz CT molecular complexity index is 399. The van der Waals surface area contributed by atoms with Crippen LogP contribution in [0.4, 0.5) is 0 Å². The van der Waals surface area contributed by atoms with Gasteiger partial charge in [-0.2, -0.15) is 0 Å². The Morgan fingerprint density at radius 1 is 1.50 bits per heavy atom. The lowest BCUT2D eigenvalue weighted by atomic mass is 9.94. The Morgan fingerprint density at radius 2 is 2.22 bits per heavy atom. The van der Waals surface area contributed by atoms with Gasteiger partial charge in [0.25, 0.3) is 0 Å². The maximum atomic E-state index is 10.6. The van der Waals surface area contributed by atoms with Crippen LogP contribution in [0.1, 0.15) is 42.6 Å². The maximum Gasteiger partial charge on any atom is 0.128 e. The van der Waals surface area contributed by atoms with Crippen molar-refractivity contribution in [3.8, 4) is 0 Å². The molecule has 0 saturated heterocycles. The fraction of sp³-hybridized carbons (Fsp3) is 0.750. The van der Waals surface area contributed by atoms with Gasteiger partial charge in [0.2, 0.25) is 0 Å². The van der Waals surface area contributed by atoms with E-state index in [4.69, 9.17) is 0 Å². The number of carbonyl (C=O) groups excluding carboxylic acids is 1. The molecule has 1 N–H and O–H groups in total. The van der Waals surface area contributed by atoms with Gasteiger partial charge in [-0.3, -0.25) is 0 Å². The van der Waals surface area contributed by atoms with Crippen molar-refractivity contribution < 1.29 is 14.8 Å². The minimum Gasteiger partial charge on any atom is -0.543 e. The first-order valence-electron chi connectivity index (χ1n) is 6.60. The second kappa shape index (κ2) is 5.95. The first-order chi connectivity index (χ1) is 8.66. The van der Waals surface area contributed by atoms with E-state index in [-0.39, 0.29) is 5.69 Å². The van der Waals surface area contributed by atoms with Gasteiger partial charge in [0.05, 0.1) is 38.3 Å². The summed E-state index contributed by atoms with van der Waals surface area (Å²) in [7, 11) is 2.20. The van der Waals surface area contributed by atoms with Crippen LogP contribution < -0.4 is 10.0 Å². The highest BCUT2D eigenvalue weighted by Gasteiger charge is 2.20. The van der Waals surface area contributed by atoms with E-state index in [0.717, 1.165) is 12.6 Å². The summed E-state index contributed by atoms with van der Waals surface area (Å²) >= 11 is 0. The maximum absolute atomic E-state index is 10.6. The smallest absolute Gasteiger partial charge is 0.128 e. The molecule has 1 atom stereocenters. The lowest BCUT2D eigenvalue weighted by molar-refractivity contribution is -0.908. The lowest BCUT2D eigenvalue weighted by Crippen LogP contribution is -3.13. The van der Waals surface area contributed by atoms with Gasteiger partial charge in [0.1, 0.15) is 5.69 Å². The van der Waals surface area contributed by atoms with Crippen LogP contribution in [0, 0.1) is 0 Å². The van der Waals surface area contributed by atoms with Gasteiger partial charge in [-0.25, -0.2) is 4.68 Å². The Morgan fingerprint density at radius 3 is 2.83 bits per heavy atom. The number of nitrogens with zero attached hydrogens (tertiary/aromatic N) is 3. The normalized spacial score (nSPS) is 18.7. The van der Waals surface area contributed by atoms with E-state index in [1.807, 2.05) is 0 Å². The number of aromatic nitrogens is 3. The quantitative estimate of drug-likeness (QED) is 0.691. The first-order valence-corrected chi connectivity index (χ1v) is 6.60. The molecule has 0 amide bonds. The third kappa shape index (κ3) is 3.29. The van der Waals surface area contributed by atoms with E-state index in [0.29, 0.717) is 6.54 Å². The molecule has 18 heavy (non-hydrogen) atoms. The van der Waals surface area contributed by atoms with Crippen LogP contribution in [0.5, 0.6) is 0 Å². The molecule has 1 aromatic rings. The molecule has 1 aromatic heterocycles. The van der Waals surface area contributed by atoms with Crippen molar-refractivity contribution in [1.29, 1.82) is 0 Å². The molecule has 1 fully saturated rings. The van der Waals surface area contributed by atoms with E-state index in [1.165, 1.54) is 43.2 Å². The zero-order valence-electron chi connectivity index (χ0n) is 10.8. The monoisotopic (exact) mass is 252 g/mol. The van der Waals surface area contributed by atoms with Crippen LogP contribution in [0.15, 0.2) is 6.20 Å². The summed E-state index contributed by atoms with van der Waals surface area (Å²) in [6.45, 7) is 1.64. The summed E-state index contributed by atoms with van der Waals surface area (Å²) < 4.78 is 1.58. The summed E-state index contributed by atoms with van der Waals surface area (Å²) in [6.07, 6.45) is 8.06. The second-order valence-corrected chi connectivity index (χ2v) is 5.09. The Hall–Kier alpha value is -1.43. The molecule has 0 aliphatic heterocycles. The Kier molecular flexibility index (Phi) is 4.30. The van der Waals surface area contributed by atoms with Gasteiger partial charge in [0, 0.05) is 0 Å². The van der Waals surface area contributed by atoms with Crippen molar-refractivity contribution >= 4 is 5.97 Å². The predicted molar refractivity (Wildman–Crippen MR) is 63.0 cm³/mol. The molecule has 1 aliphatic carbocycles. The first kappa shape index (κ1) is 13.0. The van der Waals surface area contributed by atoms with E-state index >= 15 is 0 Å². The summed E-state index contributed by atoms with van der Waals surface area (Å²) in [5.74, 6) is -1.27. The van der Waals surface area contributed by atoms with Gasteiger partial charge in [0.15, 0.2) is 0 Å². The molecule has 2 rings (SSSR count). The van der Waals surface area contributed by atoms with E-state index in [9.17, 15) is 9.90 Å². The third-order valence-corrected chi connectivity index (χ3v) is 3.79. The van der Waals surface area contributed by atoms with Crippen molar-refractivity contribution in [3.63, 3.8) is 0 Å². The van der Waals surface area contributed by atoms with E-state index in [2.05, 4.69) is 17.4 Å². The summed E-state index contributed by atoms with van der Waals surface area (Å²) in [4.78, 5) is 12.1. The molecule has 0 bridgehead atoms. The zero-order chi connectivity index (χ0) is 13.0. The Balaban J connectivity index is 1.80. The van der Waals surface area contributed by atoms with Crippen LogP contribution in [0.2, 0.25) is 0 Å². The van der Waals surface area contributed by atoms with Gasteiger partial charge in [-0.15, -0.1) is 5.10 Å². The van der Waals surface area contributed by atoms with Crippen LogP contribution >= 0.6 is 0 Å². The van der Waals surface area contributed by atoms with E-state index in [1.54, 1.807) is 4.68 Å². The fourth-order valence-electron chi connectivity index (χ4n) is 2.59. The summed E-state index contributed by atoms with van der Waals surface area (Å²) in [5, 5.41) is 17.9. The fourth-order valence-corrected chi connectivity index (χ4v) is 2.59. The number of likely N-dealkylation sites (N-methyl/N-ethyl adjacent to an activating group) is 1. The number of aromatic carboxylic acids is 1. The van der Waals surface area contributed by atoms with Gasteiger partial charge in [-0.1, -0.05) is 11.6 Å². The highest BCUT2D eigenvalue weighted by Crippen LogP contribution is 2.15. The molecular formula is C12H20N4O2. The van der Waals surface area contributed by atoms with Crippen molar-refractivity contribution in [2.75, 3.05) is 13.6 Å². The highest BCUT2D eigenvalue weighted by molar-refractivity contribution is 5.82. The molecule has 1 aliphatic rings. The number of quaternary nitrogens is 1. The largest absolute Gasteiger partial charge is 0.543 e. The minimum absolute atomic E-state index is 0.0923. The molecule has 100 valence electrons. The number of nitrogens with one attached hydrogen (secondary N) is 1. The van der Waals surface area contributed by atoms with Crippen molar-refractivity contribution in [3.05, 3.63) is 11.9 Å². The molecule has 0 radical (unpaired) electrons. The molecule has 1 saturated carbocycles. The highest BCUT2D eigenvalue weighted by atomic mass is 16.4. The minimum atomic E-state index is -1.27. The topological polar surface area (TPSA) is 75.3 Å². The average molecular weight is 252 g/mol. The number of carboxylic acid groups (broad SMARTS) is 1. The SMILES string of the molecule is C[NH+](CCn1cc(C(=O)[O-])nn1)C1CCCCC1. The van der Waals surface area contributed by atoms with Gasteiger partial charge >= 0.3 is 0 Å². The number of carbonyl (C=O) groups is 1. The number of hydrogen-bond donors (Lipinski definition) is 1. The van der Waals surface area contributed by atoms with Crippen LogP contribution in [0.25, 0.3) is 0 Å². The molecule has 0 spiro atoms. The van der Waals surface area contributed by atoms with Gasteiger partial charge in [-0.05, 0) is 25.7 Å². The summed E-state index contributed by atoms with van der Waals surface area (Å²) in [5.41, 5.74) is -0.0923. The average Bonchev–Trinajstić information content (AvgIpc) is 2.86. The standard InChI is InChI=1S/C12H20N4O2/c1-15(10-5-3-2-4-6-10)7-8-16-9-11(12(17)18)13-14-16/h9-10H,2-8H2,1H3,(H,17,18). The Labute approximate surface area is 107 Å². The molecule has 6 heteroatoms. The predicted octanol–water partition coefficient (Wildman–Crippen LogP) is -1.51. The van der Waals surface area contributed by atoms with Crippen molar-refractivity contribution in [2.24, 2.45) is 0 Å². The lowest BCUT2D eigenvalue weighted by Gasteiger charge is -2.28. The number of hydrogen-bond acceptors (Lipinski definition) is 4. The van der Waals surface area contributed by atoms with Gasteiger partial charge < -0.3 is 14.8 Å². The zero-order valence-corrected chi connectivity index (χ0v) is 10.8. The number of carboxylic acids is 1. The third-order valence-electron chi connectivity index (χ3n) is 3.79. The molecule has 0 aromatic carbocycles. The summed E-state index contributed by atoms with van der Waals surface area (Å²) in [6, 6.07) is 0.739.